The molecule has 0 saturated heterocycles. The molecule has 0 aliphatic heterocycles. The molecule has 1 saturated carbocycles. The zero-order valence-corrected chi connectivity index (χ0v) is 20.2. The molecule has 0 radical (unpaired) electrons. The van der Waals surface area contributed by atoms with Crippen LogP contribution in [0.2, 0.25) is 5.02 Å². The largest absolute Gasteiger partial charge is 0.332 e. The minimum Gasteiger partial charge on any atom is -0.332 e. The molecule has 0 spiro atoms. The van der Waals surface area contributed by atoms with Crippen LogP contribution in [0.15, 0.2) is 53.3 Å². The summed E-state index contributed by atoms with van der Waals surface area (Å²) in [7, 11) is 0. The van der Waals surface area contributed by atoms with Gasteiger partial charge in [0.15, 0.2) is 0 Å². The molecule has 1 aromatic heterocycles. The van der Waals surface area contributed by atoms with Gasteiger partial charge in [-0.15, -0.1) is 0 Å². The van der Waals surface area contributed by atoms with Crippen LogP contribution in [0.4, 0.5) is 0 Å². The van der Waals surface area contributed by atoms with Crippen LogP contribution in [-0.4, -0.2) is 26.9 Å². The molecule has 1 amide bonds. The Morgan fingerprint density at radius 3 is 2.45 bits per heavy atom. The number of carbonyl (C=O) groups is 1. The first-order valence-corrected chi connectivity index (χ1v) is 12.5. The molecular formula is C27H32ClN3O2. The number of nitrogens with zero attached hydrogens (tertiary/aromatic N) is 3. The summed E-state index contributed by atoms with van der Waals surface area (Å²) in [6.07, 6.45) is 6.85. The van der Waals surface area contributed by atoms with Gasteiger partial charge in [-0.25, -0.2) is 4.98 Å². The van der Waals surface area contributed by atoms with Crippen molar-refractivity contribution in [1.82, 2.24) is 14.5 Å². The lowest BCUT2D eigenvalue weighted by atomic mass is 9.87. The van der Waals surface area contributed by atoms with Crippen LogP contribution in [0.1, 0.15) is 70.7 Å². The zero-order chi connectivity index (χ0) is 23.4. The maximum atomic E-state index is 13.7. The molecule has 5 nitrogen and oxygen atoms in total. The number of benzene rings is 2. The fourth-order valence-electron chi connectivity index (χ4n) is 5.00. The summed E-state index contributed by atoms with van der Waals surface area (Å²) >= 11 is 6.13. The molecule has 174 valence electrons. The number of para-hydroxylation sites is 1. The van der Waals surface area contributed by atoms with Crippen molar-refractivity contribution >= 4 is 28.4 Å². The van der Waals surface area contributed by atoms with Crippen LogP contribution >= 0.6 is 11.6 Å². The molecule has 0 bridgehead atoms. The molecule has 33 heavy (non-hydrogen) atoms. The molecule has 0 N–H and O–H groups in total. The van der Waals surface area contributed by atoms with E-state index in [4.69, 9.17) is 16.6 Å². The van der Waals surface area contributed by atoms with Gasteiger partial charge in [-0.3, -0.25) is 14.2 Å². The van der Waals surface area contributed by atoms with Crippen LogP contribution in [0.5, 0.6) is 0 Å². The first-order valence-electron chi connectivity index (χ1n) is 12.1. The Bertz CT molecular complexity index is 1170. The van der Waals surface area contributed by atoms with Crippen molar-refractivity contribution < 1.29 is 4.79 Å². The number of hydrogen-bond donors (Lipinski definition) is 0. The fraction of sp³-hybridized carbons (Fsp3) is 0.444. The Morgan fingerprint density at radius 1 is 1.09 bits per heavy atom. The van der Waals surface area contributed by atoms with Crippen molar-refractivity contribution in [3.63, 3.8) is 0 Å². The second kappa shape index (κ2) is 10.5. The molecule has 2 aromatic carbocycles. The quantitative estimate of drug-likeness (QED) is 0.411. The molecule has 1 heterocycles. The molecule has 6 heteroatoms. The summed E-state index contributed by atoms with van der Waals surface area (Å²) in [5, 5.41) is 1.17. The number of amides is 1. The Kier molecular flexibility index (Phi) is 7.49. The summed E-state index contributed by atoms with van der Waals surface area (Å²) in [4.78, 5) is 34.3. The predicted octanol–water partition coefficient (Wildman–Crippen LogP) is 6.31. The molecule has 1 aliphatic rings. The number of hydrogen-bond acceptors (Lipinski definition) is 3. The highest BCUT2D eigenvalue weighted by Gasteiger charge is 2.33. The van der Waals surface area contributed by atoms with Crippen LogP contribution in [0.25, 0.3) is 16.6 Å². The van der Waals surface area contributed by atoms with E-state index in [2.05, 4.69) is 13.8 Å². The molecular weight excluding hydrogens is 434 g/mol. The van der Waals surface area contributed by atoms with Crippen LogP contribution < -0.4 is 5.56 Å². The normalized spacial score (nSPS) is 15.5. The first kappa shape index (κ1) is 23.5. The van der Waals surface area contributed by atoms with Gasteiger partial charge in [-0.05, 0) is 62.1 Å². The SMILES string of the molecule is CCCN(C(=O)C1CCCCC1)C(CC)c1nc2ccccc2c(=O)n1-c1ccc(Cl)cc1. The Morgan fingerprint density at radius 2 is 1.79 bits per heavy atom. The predicted molar refractivity (Wildman–Crippen MR) is 134 cm³/mol. The second-order valence-electron chi connectivity index (χ2n) is 8.89. The van der Waals surface area contributed by atoms with E-state index in [9.17, 15) is 9.59 Å². The lowest BCUT2D eigenvalue weighted by molar-refractivity contribution is -0.139. The molecule has 1 unspecified atom stereocenters. The maximum absolute atomic E-state index is 13.7. The highest BCUT2D eigenvalue weighted by atomic mass is 35.5. The van der Waals surface area contributed by atoms with E-state index < -0.39 is 0 Å². The number of rotatable bonds is 7. The highest BCUT2D eigenvalue weighted by Crippen LogP contribution is 2.32. The topological polar surface area (TPSA) is 55.2 Å². The average Bonchev–Trinajstić information content (AvgIpc) is 2.85. The minimum atomic E-state index is -0.285. The van der Waals surface area contributed by atoms with Gasteiger partial charge >= 0.3 is 0 Å². The first-order chi connectivity index (χ1) is 16.0. The molecule has 1 atom stereocenters. The summed E-state index contributed by atoms with van der Waals surface area (Å²) in [5.74, 6) is 0.880. The minimum absolute atomic E-state index is 0.0653. The third kappa shape index (κ3) is 4.84. The van der Waals surface area contributed by atoms with E-state index in [1.54, 1.807) is 22.8 Å². The van der Waals surface area contributed by atoms with Gasteiger partial charge in [-0.2, -0.15) is 0 Å². The van der Waals surface area contributed by atoms with E-state index in [0.717, 1.165) is 32.1 Å². The third-order valence-electron chi connectivity index (χ3n) is 6.65. The van der Waals surface area contributed by atoms with Gasteiger partial charge in [0, 0.05) is 17.5 Å². The van der Waals surface area contributed by atoms with Crippen molar-refractivity contribution in [2.45, 2.75) is 64.8 Å². The monoisotopic (exact) mass is 465 g/mol. The van der Waals surface area contributed by atoms with E-state index in [1.165, 1.54) is 6.42 Å². The van der Waals surface area contributed by atoms with Crippen LogP contribution in [0, 0.1) is 5.92 Å². The Balaban J connectivity index is 1.89. The van der Waals surface area contributed by atoms with Crippen LogP contribution in [0.3, 0.4) is 0 Å². The number of carbonyl (C=O) groups excluding carboxylic acids is 1. The molecule has 4 rings (SSSR count). The van der Waals surface area contributed by atoms with Crippen molar-refractivity contribution in [3.8, 4) is 5.69 Å². The van der Waals surface area contributed by atoms with Crippen molar-refractivity contribution in [3.05, 3.63) is 69.7 Å². The Labute approximate surface area is 200 Å². The average molecular weight is 466 g/mol. The summed E-state index contributed by atoms with van der Waals surface area (Å²) in [6, 6.07) is 14.4. The van der Waals surface area contributed by atoms with Crippen molar-refractivity contribution in [2.75, 3.05) is 6.54 Å². The van der Waals surface area contributed by atoms with Gasteiger partial charge in [0.05, 0.1) is 22.6 Å². The standard InChI is InChI=1S/C27H32ClN3O2/c1-3-18-30(26(32)19-10-6-5-7-11-19)24(4-2)25-29-23-13-9-8-12-22(23)27(33)31(25)21-16-14-20(28)15-17-21/h8-9,12-17,19,24H,3-7,10-11,18H2,1-2H3. The summed E-state index contributed by atoms with van der Waals surface area (Å²) < 4.78 is 1.67. The summed E-state index contributed by atoms with van der Waals surface area (Å²) in [5.41, 5.74) is 1.23. The Hall–Kier alpha value is -2.66. The molecule has 1 fully saturated rings. The number of halogens is 1. The van der Waals surface area contributed by atoms with E-state index in [1.807, 2.05) is 35.2 Å². The maximum Gasteiger partial charge on any atom is 0.266 e. The number of fused-ring (bicyclic) bond motifs is 1. The zero-order valence-electron chi connectivity index (χ0n) is 19.5. The van der Waals surface area contributed by atoms with E-state index >= 15 is 0 Å². The van der Waals surface area contributed by atoms with E-state index in [0.29, 0.717) is 40.4 Å². The van der Waals surface area contributed by atoms with Gasteiger partial charge in [0.1, 0.15) is 5.82 Å². The smallest absolute Gasteiger partial charge is 0.266 e. The molecule has 3 aromatic rings. The second-order valence-corrected chi connectivity index (χ2v) is 9.33. The summed E-state index contributed by atoms with van der Waals surface area (Å²) in [6.45, 7) is 4.81. The van der Waals surface area contributed by atoms with Gasteiger partial charge in [-0.1, -0.05) is 56.8 Å². The highest BCUT2D eigenvalue weighted by molar-refractivity contribution is 6.30. The van der Waals surface area contributed by atoms with Gasteiger partial charge < -0.3 is 4.90 Å². The third-order valence-corrected chi connectivity index (χ3v) is 6.90. The van der Waals surface area contributed by atoms with Gasteiger partial charge in [0.2, 0.25) is 5.91 Å². The lowest BCUT2D eigenvalue weighted by Gasteiger charge is -2.35. The van der Waals surface area contributed by atoms with Crippen LogP contribution in [-0.2, 0) is 4.79 Å². The lowest BCUT2D eigenvalue weighted by Crippen LogP contribution is -2.42. The van der Waals surface area contributed by atoms with Crippen molar-refractivity contribution in [2.24, 2.45) is 5.92 Å². The fourth-order valence-corrected chi connectivity index (χ4v) is 5.13. The van der Waals surface area contributed by atoms with E-state index in [-0.39, 0.29) is 23.4 Å². The number of aromatic nitrogens is 2. The van der Waals surface area contributed by atoms with Gasteiger partial charge in [0.25, 0.3) is 5.56 Å². The molecule has 1 aliphatic carbocycles. The van der Waals surface area contributed by atoms with Crippen molar-refractivity contribution in [1.29, 1.82) is 0 Å².